The van der Waals surface area contributed by atoms with E-state index in [1.165, 1.54) is 11.7 Å². The second kappa shape index (κ2) is 11.2. The van der Waals surface area contributed by atoms with Gasteiger partial charge in [0.25, 0.3) is 5.91 Å². The van der Waals surface area contributed by atoms with Crippen molar-refractivity contribution in [1.29, 1.82) is 0 Å². The van der Waals surface area contributed by atoms with Crippen molar-refractivity contribution in [2.75, 3.05) is 26.5 Å². The standard InChI is InChI=1S/C24H29F2N2O8P/c1-24(6-7-35-2)18(36-8-9-37(3,33)34)13-28-12-16(20(29)21(30)19(28)22(24)31)23(32)27-11-14-4-5-15(25)10-17(14)26/h4-5,10,12,18,30,33-34H,3,6-9,11,13H2,1-2H3,(H,27,32). The van der Waals surface area contributed by atoms with Gasteiger partial charge >= 0.3 is 0 Å². The molecule has 2 heterocycles. The molecule has 2 aromatic rings. The number of carbonyl (C=O) groups excluding carboxylic acids is 2. The average Bonchev–Trinajstić information content (AvgIpc) is 2.81. The van der Waals surface area contributed by atoms with E-state index in [9.17, 15) is 38.1 Å². The zero-order valence-corrected chi connectivity index (χ0v) is 21.3. The van der Waals surface area contributed by atoms with E-state index in [-0.39, 0.29) is 50.1 Å². The second-order valence-corrected chi connectivity index (χ2v) is 11.3. The molecule has 202 valence electrons. The molecule has 0 fully saturated rings. The molecule has 1 amide bonds. The summed E-state index contributed by atoms with van der Waals surface area (Å²) < 4.78 is 39.2. The molecule has 0 aliphatic carbocycles. The number of aromatic nitrogens is 1. The van der Waals surface area contributed by atoms with Crippen LogP contribution in [0.5, 0.6) is 5.75 Å². The largest absolute Gasteiger partial charge is 0.503 e. The van der Waals surface area contributed by atoms with Gasteiger partial charge in [0.15, 0.2) is 11.5 Å². The molecule has 0 saturated carbocycles. The number of fused-ring (bicyclic) bond motifs is 1. The van der Waals surface area contributed by atoms with Gasteiger partial charge < -0.3 is 34.3 Å². The van der Waals surface area contributed by atoms with Crippen molar-refractivity contribution in [2.45, 2.75) is 32.5 Å². The Labute approximate surface area is 211 Å². The Morgan fingerprint density at radius 2 is 2.00 bits per heavy atom. The summed E-state index contributed by atoms with van der Waals surface area (Å²) in [5.41, 5.74) is -3.14. The van der Waals surface area contributed by atoms with E-state index in [1.807, 2.05) is 0 Å². The summed E-state index contributed by atoms with van der Waals surface area (Å²) in [6.45, 7) is 1.23. The maximum atomic E-state index is 13.9. The topological polar surface area (TPSA) is 147 Å². The molecule has 13 heteroatoms. The van der Waals surface area contributed by atoms with Gasteiger partial charge in [-0.1, -0.05) is 12.4 Å². The predicted molar refractivity (Wildman–Crippen MR) is 132 cm³/mol. The van der Waals surface area contributed by atoms with Crippen molar-refractivity contribution in [3.05, 3.63) is 63.1 Å². The average molecular weight is 542 g/mol. The molecule has 1 aromatic carbocycles. The summed E-state index contributed by atoms with van der Waals surface area (Å²) in [5, 5.41) is 13.0. The van der Waals surface area contributed by atoms with Crippen LogP contribution in [0.2, 0.25) is 0 Å². The van der Waals surface area contributed by atoms with Crippen LogP contribution in [0.25, 0.3) is 0 Å². The number of ketones is 1. The van der Waals surface area contributed by atoms with Gasteiger partial charge in [0.05, 0.1) is 24.7 Å². The number of hydrogen-bond acceptors (Lipinski definition) is 8. The van der Waals surface area contributed by atoms with Gasteiger partial charge in [-0.15, -0.1) is 0 Å². The number of halogens is 2. The van der Waals surface area contributed by atoms with Gasteiger partial charge in [0.2, 0.25) is 5.43 Å². The Balaban J connectivity index is 1.93. The van der Waals surface area contributed by atoms with Crippen molar-refractivity contribution in [3.8, 4) is 5.75 Å². The number of nitrogens with zero attached hydrogens (tertiary/aromatic N) is 1. The molecule has 10 nitrogen and oxygen atoms in total. The molecule has 0 spiro atoms. The molecule has 0 saturated heterocycles. The summed E-state index contributed by atoms with van der Waals surface area (Å²) in [4.78, 5) is 58.3. The minimum atomic E-state index is -3.38. The summed E-state index contributed by atoms with van der Waals surface area (Å²) >= 11 is 0. The molecule has 1 aliphatic heterocycles. The quantitative estimate of drug-likeness (QED) is 0.332. The van der Waals surface area contributed by atoms with Crippen LogP contribution in [0.4, 0.5) is 8.78 Å². The smallest absolute Gasteiger partial charge is 0.257 e. The fourth-order valence-corrected chi connectivity index (χ4v) is 4.49. The van der Waals surface area contributed by atoms with E-state index in [0.717, 1.165) is 18.3 Å². The van der Waals surface area contributed by atoms with Gasteiger partial charge in [0, 0.05) is 44.3 Å². The van der Waals surface area contributed by atoms with Crippen LogP contribution in [0.1, 0.15) is 39.8 Å². The lowest BCUT2D eigenvalue weighted by Crippen LogP contribution is -2.51. The van der Waals surface area contributed by atoms with Gasteiger partial charge in [-0.3, -0.25) is 14.4 Å². The molecule has 0 bridgehead atoms. The molecule has 1 aromatic heterocycles. The van der Waals surface area contributed by atoms with E-state index in [0.29, 0.717) is 6.07 Å². The second-order valence-electron chi connectivity index (χ2n) is 9.09. The Morgan fingerprint density at radius 1 is 1.30 bits per heavy atom. The van der Waals surface area contributed by atoms with E-state index in [2.05, 4.69) is 11.6 Å². The first-order valence-corrected chi connectivity index (χ1v) is 13.4. The molecule has 2 unspecified atom stereocenters. The highest BCUT2D eigenvalue weighted by Gasteiger charge is 2.48. The van der Waals surface area contributed by atoms with Crippen LogP contribution in [-0.4, -0.2) is 70.0 Å². The molecular weight excluding hydrogens is 513 g/mol. The number of hydrogen-bond donors (Lipinski definition) is 4. The summed E-state index contributed by atoms with van der Waals surface area (Å²) in [7, 11) is -1.93. The summed E-state index contributed by atoms with van der Waals surface area (Å²) in [6.07, 6.45) is 3.59. The zero-order valence-electron chi connectivity index (χ0n) is 20.4. The Bertz CT molecular complexity index is 1310. The lowest BCUT2D eigenvalue weighted by Gasteiger charge is -2.41. The minimum Gasteiger partial charge on any atom is -0.503 e. The third kappa shape index (κ3) is 6.34. The van der Waals surface area contributed by atoms with Crippen LogP contribution in [0.3, 0.4) is 0 Å². The van der Waals surface area contributed by atoms with Gasteiger partial charge in [-0.05, 0) is 19.4 Å². The SMILES string of the molecule is C=P(O)(O)CCOC1Cn2cc(C(=O)NCc3ccc(F)cc3F)c(=O)c(O)c2C(=O)C1(C)CCOC. The lowest BCUT2D eigenvalue weighted by molar-refractivity contribution is -0.0440. The lowest BCUT2D eigenvalue weighted by atomic mass is 9.73. The first-order chi connectivity index (χ1) is 17.3. The van der Waals surface area contributed by atoms with E-state index in [4.69, 9.17) is 9.47 Å². The summed E-state index contributed by atoms with van der Waals surface area (Å²) in [6, 6.07) is 2.82. The van der Waals surface area contributed by atoms with Gasteiger partial charge in [-0.2, -0.15) is 0 Å². The number of aromatic hydroxyl groups is 1. The van der Waals surface area contributed by atoms with Gasteiger partial charge in [-0.25, -0.2) is 8.78 Å². The van der Waals surface area contributed by atoms with E-state index >= 15 is 0 Å². The number of Topliss-reactive ketones (excluding diaryl/α,β-unsaturated/α-hetero) is 1. The van der Waals surface area contributed by atoms with Crippen molar-refractivity contribution >= 4 is 25.3 Å². The van der Waals surface area contributed by atoms with Crippen LogP contribution in [-0.2, 0) is 22.6 Å². The van der Waals surface area contributed by atoms with Crippen molar-refractivity contribution in [3.63, 3.8) is 0 Å². The van der Waals surface area contributed by atoms with Crippen LogP contribution >= 0.6 is 7.34 Å². The van der Waals surface area contributed by atoms with Crippen molar-refractivity contribution in [2.24, 2.45) is 5.41 Å². The number of carbonyl (C=O) groups is 2. The van der Waals surface area contributed by atoms with Crippen molar-refractivity contribution < 1.29 is 42.7 Å². The summed E-state index contributed by atoms with van der Waals surface area (Å²) in [5.74, 6) is -4.14. The Hall–Kier alpha value is -2.89. The maximum absolute atomic E-state index is 13.9. The fraction of sp³-hybridized carbons (Fsp3) is 0.417. The first-order valence-electron chi connectivity index (χ1n) is 11.3. The van der Waals surface area contributed by atoms with E-state index in [1.54, 1.807) is 6.92 Å². The van der Waals surface area contributed by atoms with E-state index < -0.39 is 58.9 Å². The van der Waals surface area contributed by atoms with Crippen LogP contribution in [0, 0.1) is 17.0 Å². The molecule has 2 atom stereocenters. The number of ether oxygens (including phenoxy) is 2. The highest BCUT2D eigenvalue weighted by molar-refractivity contribution is 7.62. The first kappa shape index (κ1) is 28.7. The zero-order chi connectivity index (χ0) is 27.5. The van der Waals surface area contributed by atoms with Gasteiger partial charge in [0.1, 0.15) is 30.2 Å². The highest BCUT2D eigenvalue weighted by atomic mass is 31.2. The number of methoxy groups -OCH3 is 1. The molecule has 37 heavy (non-hydrogen) atoms. The number of pyridine rings is 1. The molecule has 3 rings (SSSR count). The Morgan fingerprint density at radius 3 is 2.62 bits per heavy atom. The molecule has 0 radical (unpaired) electrons. The number of amides is 1. The van der Waals surface area contributed by atoms with Crippen LogP contribution < -0.4 is 10.7 Å². The Kier molecular flexibility index (Phi) is 8.71. The predicted octanol–water partition coefficient (Wildman–Crippen LogP) is 1.65. The monoisotopic (exact) mass is 542 g/mol. The number of rotatable bonds is 10. The minimum absolute atomic E-state index is 0.0216. The number of benzene rings is 1. The number of nitrogens with one attached hydrogen (secondary N) is 1. The fourth-order valence-electron chi connectivity index (χ4n) is 4.09. The third-order valence-electron chi connectivity index (χ3n) is 6.36. The molecule has 1 aliphatic rings. The third-order valence-corrected chi connectivity index (χ3v) is 7.25. The highest BCUT2D eigenvalue weighted by Crippen LogP contribution is 2.40. The molecular formula is C24H29F2N2O8P. The molecule has 4 N–H and O–H groups in total. The van der Waals surface area contributed by atoms with Crippen molar-refractivity contribution in [1.82, 2.24) is 9.88 Å². The van der Waals surface area contributed by atoms with Crippen LogP contribution in [0.15, 0.2) is 29.2 Å². The maximum Gasteiger partial charge on any atom is 0.257 e. The normalized spacial score (nSPS) is 19.5.